The van der Waals surface area contributed by atoms with Crippen molar-refractivity contribution in [1.82, 2.24) is 10.2 Å². The molecule has 0 atom stereocenters. The lowest BCUT2D eigenvalue weighted by Crippen LogP contribution is -2.35. The van der Waals surface area contributed by atoms with Crippen molar-refractivity contribution in [3.8, 4) is 0 Å². The third-order valence-corrected chi connectivity index (χ3v) is 2.60. The minimum atomic E-state index is 0. The van der Waals surface area contributed by atoms with Crippen molar-refractivity contribution in [2.24, 2.45) is 10.7 Å². The lowest BCUT2D eigenvalue weighted by molar-refractivity contribution is -0.127. The molecule has 1 rings (SSSR count). The van der Waals surface area contributed by atoms with Crippen molar-refractivity contribution in [2.45, 2.75) is 26.2 Å². The normalized spacial score (nSPS) is 15.5. The minimum absolute atomic E-state index is 0. The van der Waals surface area contributed by atoms with E-state index in [0.717, 1.165) is 38.0 Å². The van der Waals surface area contributed by atoms with Crippen molar-refractivity contribution < 1.29 is 4.79 Å². The van der Waals surface area contributed by atoms with E-state index in [-0.39, 0.29) is 29.9 Å². The summed E-state index contributed by atoms with van der Waals surface area (Å²) in [4.78, 5) is 17.3. The monoisotopic (exact) mass is 366 g/mol. The van der Waals surface area contributed by atoms with E-state index in [4.69, 9.17) is 5.73 Å². The molecule has 0 bridgehead atoms. The number of aliphatic imine (C=N–C) groups is 1. The van der Waals surface area contributed by atoms with Crippen molar-refractivity contribution in [1.29, 1.82) is 0 Å². The van der Waals surface area contributed by atoms with Crippen LogP contribution in [0.2, 0.25) is 0 Å². The van der Waals surface area contributed by atoms with Crippen molar-refractivity contribution >= 4 is 35.8 Å². The number of rotatable bonds is 6. The number of likely N-dealkylation sites (tertiary alicyclic amines) is 1. The summed E-state index contributed by atoms with van der Waals surface area (Å²) in [6, 6.07) is 0. The number of guanidine groups is 1. The quantitative estimate of drug-likeness (QED) is 0.243. The highest BCUT2D eigenvalue weighted by Crippen LogP contribution is 2.09. The summed E-state index contributed by atoms with van der Waals surface area (Å²) in [7, 11) is 0. The summed E-state index contributed by atoms with van der Waals surface area (Å²) >= 11 is 0. The Labute approximate surface area is 126 Å². The van der Waals surface area contributed by atoms with E-state index < -0.39 is 0 Å². The number of amides is 1. The van der Waals surface area contributed by atoms with Gasteiger partial charge in [-0.2, -0.15) is 0 Å². The molecule has 1 aliphatic rings. The second-order valence-corrected chi connectivity index (χ2v) is 4.42. The van der Waals surface area contributed by atoms with E-state index >= 15 is 0 Å². The standard InChI is InChI=1S/C12H22N4O.HI/c1-10(2)9-15-12(13)14-6-4-8-16-7-3-5-11(16)17;/h1,3-9H2,2H3,(H3,13,14,15);1H. The molecule has 1 fully saturated rings. The van der Waals surface area contributed by atoms with Crippen molar-refractivity contribution in [2.75, 3.05) is 26.2 Å². The van der Waals surface area contributed by atoms with Gasteiger partial charge in [0.2, 0.25) is 5.91 Å². The third kappa shape index (κ3) is 6.83. The van der Waals surface area contributed by atoms with E-state index in [1.165, 1.54) is 0 Å². The second-order valence-electron chi connectivity index (χ2n) is 4.42. The van der Waals surface area contributed by atoms with E-state index in [1.807, 2.05) is 11.8 Å². The van der Waals surface area contributed by atoms with Gasteiger partial charge in [-0.3, -0.25) is 4.79 Å². The number of carbonyl (C=O) groups is 1. The molecule has 0 aliphatic carbocycles. The number of nitrogens with two attached hydrogens (primary N) is 1. The Morgan fingerprint density at radius 2 is 2.33 bits per heavy atom. The first-order valence-corrected chi connectivity index (χ1v) is 6.05. The summed E-state index contributed by atoms with van der Waals surface area (Å²) in [6.45, 7) is 8.67. The molecule has 0 unspecified atom stereocenters. The average molecular weight is 366 g/mol. The molecule has 104 valence electrons. The maximum absolute atomic E-state index is 11.3. The molecule has 0 aromatic heterocycles. The Bertz CT molecular complexity index is 317. The number of nitrogens with zero attached hydrogens (tertiary/aromatic N) is 2. The lowest BCUT2D eigenvalue weighted by Gasteiger charge is -2.15. The predicted octanol–water partition coefficient (Wildman–Crippen LogP) is 1.10. The maximum atomic E-state index is 11.3. The molecule has 1 heterocycles. The zero-order valence-electron chi connectivity index (χ0n) is 10.9. The minimum Gasteiger partial charge on any atom is -0.370 e. The zero-order chi connectivity index (χ0) is 12.7. The van der Waals surface area contributed by atoms with Crippen LogP contribution in [-0.2, 0) is 4.79 Å². The summed E-state index contributed by atoms with van der Waals surface area (Å²) in [6.07, 6.45) is 2.60. The van der Waals surface area contributed by atoms with Gasteiger partial charge < -0.3 is 16.0 Å². The molecule has 0 spiro atoms. The lowest BCUT2D eigenvalue weighted by atomic mass is 10.3. The Balaban J connectivity index is 0.00000289. The van der Waals surface area contributed by atoms with E-state index in [1.54, 1.807) is 0 Å². The molecule has 1 saturated heterocycles. The Hall–Kier alpha value is -0.790. The Kier molecular flexibility index (Phi) is 8.78. The van der Waals surface area contributed by atoms with E-state index in [9.17, 15) is 4.79 Å². The molecular weight excluding hydrogens is 343 g/mol. The van der Waals surface area contributed by atoms with Gasteiger partial charge in [-0.15, -0.1) is 24.0 Å². The largest absolute Gasteiger partial charge is 0.370 e. The van der Waals surface area contributed by atoms with Crippen LogP contribution in [0.15, 0.2) is 17.1 Å². The van der Waals surface area contributed by atoms with Crippen LogP contribution in [0.25, 0.3) is 0 Å². The van der Waals surface area contributed by atoms with Gasteiger partial charge >= 0.3 is 0 Å². The number of carbonyl (C=O) groups excluding carboxylic acids is 1. The molecule has 0 radical (unpaired) electrons. The third-order valence-electron chi connectivity index (χ3n) is 2.60. The van der Waals surface area contributed by atoms with Crippen LogP contribution in [0.4, 0.5) is 0 Å². The molecule has 1 amide bonds. The molecule has 0 saturated carbocycles. The van der Waals surface area contributed by atoms with E-state index in [0.29, 0.717) is 18.9 Å². The zero-order valence-corrected chi connectivity index (χ0v) is 13.3. The molecular formula is C12H23IN4O. The summed E-state index contributed by atoms with van der Waals surface area (Å²) in [5.41, 5.74) is 6.64. The SMILES string of the molecule is C=C(C)CN=C(N)NCCCN1CCCC1=O.I. The van der Waals surface area contributed by atoms with Gasteiger partial charge in [0, 0.05) is 26.1 Å². The molecule has 0 aromatic carbocycles. The van der Waals surface area contributed by atoms with E-state index in [2.05, 4.69) is 16.9 Å². The highest BCUT2D eigenvalue weighted by molar-refractivity contribution is 14.0. The fourth-order valence-electron chi connectivity index (χ4n) is 1.70. The summed E-state index contributed by atoms with van der Waals surface area (Å²) in [5, 5.41) is 3.03. The molecule has 18 heavy (non-hydrogen) atoms. The Morgan fingerprint density at radius 3 is 2.89 bits per heavy atom. The maximum Gasteiger partial charge on any atom is 0.222 e. The smallest absolute Gasteiger partial charge is 0.222 e. The van der Waals surface area contributed by atoms with Gasteiger partial charge in [-0.1, -0.05) is 12.2 Å². The van der Waals surface area contributed by atoms with Gasteiger partial charge in [-0.05, 0) is 19.8 Å². The topological polar surface area (TPSA) is 70.7 Å². The first-order chi connectivity index (χ1) is 8.09. The number of halogens is 1. The van der Waals surface area contributed by atoms with Gasteiger partial charge in [0.15, 0.2) is 5.96 Å². The van der Waals surface area contributed by atoms with Crippen LogP contribution in [0.1, 0.15) is 26.2 Å². The van der Waals surface area contributed by atoms with Gasteiger partial charge in [-0.25, -0.2) is 4.99 Å². The second kappa shape index (κ2) is 9.18. The van der Waals surface area contributed by atoms with Gasteiger partial charge in [0.05, 0.1) is 6.54 Å². The molecule has 3 N–H and O–H groups in total. The number of hydrogen-bond donors (Lipinski definition) is 2. The molecule has 5 nitrogen and oxygen atoms in total. The Morgan fingerprint density at radius 1 is 1.61 bits per heavy atom. The van der Waals surface area contributed by atoms with Crippen LogP contribution in [-0.4, -0.2) is 42.9 Å². The average Bonchev–Trinajstić information content (AvgIpc) is 2.68. The van der Waals surface area contributed by atoms with Crippen LogP contribution < -0.4 is 11.1 Å². The highest BCUT2D eigenvalue weighted by atomic mass is 127. The molecule has 0 aromatic rings. The van der Waals surface area contributed by atoms with Crippen LogP contribution in [0.3, 0.4) is 0 Å². The highest BCUT2D eigenvalue weighted by Gasteiger charge is 2.18. The van der Waals surface area contributed by atoms with Gasteiger partial charge in [0.25, 0.3) is 0 Å². The number of hydrogen-bond acceptors (Lipinski definition) is 2. The van der Waals surface area contributed by atoms with Crippen molar-refractivity contribution in [3.63, 3.8) is 0 Å². The van der Waals surface area contributed by atoms with Gasteiger partial charge in [0.1, 0.15) is 0 Å². The summed E-state index contributed by atoms with van der Waals surface area (Å²) in [5.74, 6) is 0.717. The fraction of sp³-hybridized carbons (Fsp3) is 0.667. The molecule has 6 heteroatoms. The predicted molar refractivity (Wildman–Crippen MR) is 85.2 cm³/mol. The first kappa shape index (κ1) is 17.2. The van der Waals surface area contributed by atoms with Crippen LogP contribution >= 0.6 is 24.0 Å². The number of nitrogens with one attached hydrogen (secondary N) is 1. The van der Waals surface area contributed by atoms with Crippen LogP contribution in [0, 0.1) is 0 Å². The fourth-order valence-corrected chi connectivity index (χ4v) is 1.70. The van der Waals surface area contributed by atoms with Crippen LogP contribution in [0.5, 0.6) is 0 Å². The molecule has 1 aliphatic heterocycles. The van der Waals surface area contributed by atoms with Crippen molar-refractivity contribution in [3.05, 3.63) is 12.2 Å². The summed E-state index contributed by atoms with van der Waals surface area (Å²) < 4.78 is 0. The first-order valence-electron chi connectivity index (χ1n) is 6.05.